The summed E-state index contributed by atoms with van der Waals surface area (Å²) in [5.74, 6) is -0.334. The second-order valence-corrected chi connectivity index (χ2v) is 4.10. The van der Waals surface area contributed by atoms with Crippen molar-refractivity contribution in [3.05, 3.63) is 38.9 Å². The molecule has 7 heteroatoms. The van der Waals surface area contributed by atoms with Gasteiger partial charge in [-0.3, -0.25) is 14.9 Å². The maximum absolute atomic E-state index is 12.0. The average Bonchev–Trinajstić information content (AvgIpc) is 2.35. The number of nitro groups is 1. The van der Waals surface area contributed by atoms with Crippen LogP contribution in [-0.2, 0) is 0 Å². The monoisotopic (exact) mass is 271 g/mol. The van der Waals surface area contributed by atoms with Gasteiger partial charge in [-0.25, -0.2) is 0 Å². The average molecular weight is 272 g/mol. The summed E-state index contributed by atoms with van der Waals surface area (Å²) >= 11 is 5.87. The van der Waals surface area contributed by atoms with Crippen LogP contribution in [0.3, 0.4) is 0 Å². The minimum absolute atomic E-state index is 0.121. The van der Waals surface area contributed by atoms with Crippen molar-refractivity contribution in [2.45, 2.75) is 0 Å². The van der Waals surface area contributed by atoms with E-state index in [1.165, 1.54) is 23.1 Å². The number of carbonyl (C=O) groups is 1. The Labute approximate surface area is 110 Å². The van der Waals surface area contributed by atoms with Gasteiger partial charge in [0.15, 0.2) is 0 Å². The smallest absolute Gasteiger partial charge is 0.288 e. The highest BCUT2D eigenvalue weighted by atomic mass is 35.5. The summed E-state index contributed by atoms with van der Waals surface area (Å²) in [6.07, 6.45) is 0. The van der Waals surface area contributed by atoms with Crippen LogP contribution in [0.2, 0.25) is 5.02 Å². The fourth-order valence-corrected chi connectivity index (χ4v) is 1.69. The summed E-state index contributed by atoms with van der Waals surface area (Å²) in [6.45, 7) is 1.13. The van der Waals surface area contributed by atoms with Crippen LogP contribution in [0.15, 0.2) is 18.2 Å². The Balaban J connectivity index is 2.99. The number of hydrogen-bond donors (Lipinski definition) is 1. The van der Waals surface area contributed by atoms with Crippen molar-refractivity contribution >= 4 is 23.2 Å². The van der Waals surface area contributed by atoms with Crippen molar-refractivity contribution in [1.82, 2.24) is 10.2 Å². The van der Waals surface area contributed by atoms with E-state index in [9.17, 15) is 14.9 Å². The first-order chi connectivity index (χ1) is 8.49. The molecule has 98 valence electrons. The van der Waals surface area contributed by atoms with Gasteiger partial charge in [-0.05, 0) is 13.1 Å². The molecule has 0 unspecified atom stereocenters. The molecule has 0 aliphatic rings. The highest BCUT2D eigenvalue weighted by Gasteiger charge is 2.21. The number of benzene rings is 1. The van der Waals surface area contributed by atoms with Crippen molar-refractivity contribution < 1.29 is 9.72 Å². The van der Waals surface area contributed by atoms with E-state index in [1.807, 2.05) is 0 Å². The van der Waals surface area contributed by atoms with Crippen molar-refractivity contribution in [2.75, 3.05) is 27.2 Å². The quantitative estimate of drug-likeness (QED) is 0.651. The molecule has 0 bridgehead atoms. The number of rotatable bonds is 5. The Morgan fingerprint density at radius 2 is 2.22 bits per heavy atom. The molecule has 0 saturated heterocycles. The van der Waals surface area contributed by atoms with Gasteiger partial charge in [0.25, 0.3) is 11.6 Å². The van der Waals surface area contributed by atoms with Gasteiger partial charge in [0.2, 0.25) is 0 Å². The highest BCUT2D eigenvalue weighted by Crippen LogP contribution is 2.28. The van der Waals surface area contributed by atoms with Crippen LogP contribution in [0.25, 0.3) is 0 Å². The van der Waals surface area contributed by atoms with Crippen LogP contribution in [-0.4, -0.2) is 42.9 Å². The predicted molar refractivity (Wildman–Crippen MR) is 69.0 cm³/mol. The summed E-state index contributed by atoms with van der Waals surface area (Å²) in [7, 11) is 3.40. The van der Waals surface area contributed by atoms with Crippen LogP contribution in [0.1, 0.15) is 10.4 Å². The van der Waals surface area contributed by atoms with E-state index in [0.29, 0.717) is 13.1 Å². The lowest BCUT2D eigenvalue weighted by Crippen LogP contribution is -2.33. The van der Waals surface area contributed by atoms with Crippen LogP contribution in [0.5, 0.6) is 0 Å². The number of halogens is 1. The molecule has 18 heavy (non-hydrogen) atoms. The molecular weight excluding hydrogens is 258 g/mol. The lowest BCUT2D eigenvalue weighted by Gasteiger charge is -2.17. The molecule has 1 N–H and O–H groups in total. The number of carbonyl (C=O) groups excluding carboxylic acids is 1. The molecule has 1 aromatic carbocycles. The summed E-state index contributed by atoms with van der Waals surface area (Å²) in [5, 5.41) is 13.5. The number of nitrogens with zero attached hydrogens (tertiary/aromatic N) is 2. The van der Waals surface area contributed by atoms with E-state index in [0.717, 1.165) is 0 Å². The van der Waals surface area contributed by atoms with Crippen LogP contribution in [0.4, 0.5) is 5.69 Å². The summed E-state index contributed by atoms with van der Waals surface area (Å²) in [6, 6.07) is 4.20. The van der Waals surface area contributed by atoms with Gasteiger partial charge in [-0.15, -0.1) is 0 Å². The third-order valence-electron chi connectivity index (χ3n) is 2.45. The molecule has 0 aliphatic carbocycles. The molecule has 0 atom stereocenters. The first kappa shape index (κ1) is 14.4. The van der Waals surface area contributed by atoms with Crippen molar-refractivity contribution in [2.24, 2.45) is 0 Å². The zero-order chi connectivity index (χ0) is 13.7. The fraction of sp³-hybridized carbons (Fsp3) is 0.364. The highest BCUT2D eigenvalue weighted by molar-refractivity contribution is 6.35. The molecule has 6 nitrogen and oxygen atoms in total. The standard InChI is InChI=1S/C11H14ClN3O3/c1-13-6-7-14(2)11(16)8-4-3-5-9(10(8)12)15(17)18/h3-5,13H,6-7H2,1-2H3. The fourth-order valence-electron chi connectivity index (χ4n) is 1.41. The molecule has 0 spiro atoms. The van der Waals surface area contributed by atoms with Gasteiger partial charge < -0.3 is 10.2 Å². The van der Waals surface area contributed by atoms with E-state index < -0.39 is 4.92 Å². The Hall–Kier alpha value is -1.66. The molecule has 0 aromatic heterocycles. The maximum Gasteiger partial charge on any atom is 0.288 e. The summed E-state index contributed by atoms with van der Waals surface area (Å²) < 4.78 is 0. The third kappa shape index (κ3) is 3.18. The topological polar surface area (TPSA) is 75.5 Å². The zero-order valence-corrected chi connectivity index (χ0v) is 10.9. The SMILES string of the molecule is CNCCN(C)C(=O)c1cccc([N+](=O)[O-])c1Cl. The van der Waals surface area contributed by atoms with Crippen molar-refractivity contribution in [3.8, 4) is 0 Å². The molecule has 1 rings (SSSR count). The van der Waals surface area contributed by atoms with Crippen molar-refractivity contribution in [3.63, 3.8) is 0 Å². The number of amides is 1. The molecule has 0 fully saturated rings. The van der Waals surface area contributed by atoms with E-state index in [-0.39, 0.29) is 22.2 Å². The lowest BCUT2D eigenvalue weighted by molar-refractivity contribution is -0.384. The van der Waals surface area contributed by atoms with E-state index >= 15 is 0 Å². The molecule has 0 radical (unpaired) electrons. The van der Waals surface area contributed by atoms with Gasteiger partial charge in [-0.1, -0.05) is 17.7 Å². The second-order valence-electron chi connectivity index (χ2n) is 3.73. The number of likely N-dealkylation sites (N-methyl/N-ethyl adjacent to an activating group) is 2. The predicted octanol–water partition coefficient (Wildman–Crippen LogP) is 1.54. The van der Waals surface area contributed by atoms with Gasteiger partial charge in [-0.2, -0.15) is 0 Å². The Kier molecular flexibility index (Phi) is 5.06. The zero-order valence-electron chi connectivity index (χ0n) is 10.1. The molecular formula is C11H14ClN3O3. The first-order valence-electron chi connectivity index (χ1n) is 5.32. The van der Waals surface area contributed by atoms with Crippen LogP contribution < -0.4 is 5.32 Å². The van der Waals surface area contributed by atoms with Gasteiger partial charge in [0.1, 0.15) is 5.02 Å². The Morgan fingerprint density at radius 3 is 2.78 bits per heavy atom. The molecule has 1 aromatic rings. The normalized spacial score (nSPS) is 10.2. The Bertz CT molecular complexity index is 465. The lowest BCUT2D eigenvalue weighted by atomic mass is 10.1. The summed E-state index contributed by atoms with van der Waals surface area (Å²) in [5.41, 5.74) is -0.117. The van der Waals surface area contributed by atoms with Crippen LogP contribution >= 0.6 is 11.6 Å². The number of hydrogen-bond acceptors (Lipinski definition) is 4. The minimum atomic E-state index is -0.604. The summed E-state index contributed by atoms with van der Waals surface area (Å²) in [4.78, 5) is 23.6. The third-order valence-corrected chi connectivity index (χ3v) is 2.85. The minimum Gasteiger partial charge on any atom is -0.340 e. The van der Waals surface area contributed by atoms with Gasteiger partial charge in [0.05, 0.1) is 10.5 Å². The molecule has 0 heterocycles. The first-order valence-corrected chi connectivity index (χ1v) is 5.69. The second kappa shape index (κ2) is 6.32. The number of nitrogens with one attached hydrogen (secondary N) is 1. The van der Waals surface area contributed by atoms with E-state index in [1.54, 1.807) is 14.1 Å². The molecule has 0 saturated carbocycles. The van der Waals surface area contributed by atoms with Gasteiger partial charge >= 0.3 is 0 Å². The van der Waals surface area contributed by atoms with Gasteiger partial charge in [0, 0.05) is 26.2 Å². The maximum atomic E-state index is 12.0. The largest absolute Gasteiger partial charge is 0.340 e. The van der Waals surface area contributed by atoms with Crippen molar-refractivity contribution in [1.29, 1.82) is 0 Å². The molecule has 0 aliphatic heterocycles. The Morgan fingerprint density at radius 1 is 1.56 bits per heavy atom. The van der Waals surface area contributed by atoms with Crippen LogP contribution in [0, 0.1) is 10.1 Å². The van der Waals surface area contributed by atoms with E-state index in [2.05, 4.69) is 5.32 Å². The molecule has 1 amide bonds. The number of nitro benzene ring substituents is 1. The van der Waals surface area contributed by atoms with E-state index in [4.69, 9.17) is 11.6 Å².